The molecule has 0 spiro atoms. The summed E-state index contributed by atoms with van der Waals surface area (Å²) in [6.45, 7) is 2.24. The van der Waals surface area contributed by atoms with Crippen molar-refractivity contribution in [3.63, 3.8) is 0 Å². The highest BCUT2D eigenvalue weighted by atomic mass is 19.4. The maximum Gasteiger partial charge on any atom is 0.416 e. The predicted molar refractivity (Wildman–Crippen MR) is 97.9 cm³/mol. The molecule has 0 saturated heterocycles. The second-order valence-electron chi connectivity index (χ2n) is 5.88. The van der Waals surface area contributed by atoms with Gasteiger partial charge in [0, 0.05) is 19.7 Å². The van der Waals surface area contributed by atoms with Gasteiger partial charge in [-0.15, -0.1) is 0 Å². The van der Waals surface area contributed by atoms with Crippen LogP contribution in [0.4, 0.5) is 24.5 Å². The number of alkyl halides is 3. The predicted octanol–water partition coefficient (Wildman–Crippen LogP) is 4.43. The number of rotatable bonds is 6. The maximum atomic E-state index is 13.0. The molecule has 0 aliphatic rings. The quantitative estimate of drug-likeness (QED) is 0.803. The molecule has 2 rings (SSSR count). The Morgan fingerprint density at radius 2 is 1.81 bits per heavy atom. The third-order valence-corrected chi connectivity index (χ3v) is 3.78. The lowest BCUT2D eigenvalue weighted by Crippen LogP contribution is -2.18. The number of anilines is 2. The first kappa shape index (κ1) is 20.4. The molecule has 1 N–H and O–H groups in total. The van der Waals surface area contributed by atoms with E-state index >= 15 is 0 Å². The fourth-order valence-corrected chi connectivity index (χ4v) is 2.48. The SMILES string of the molecule is CCOc1ccc(C(=O)Nc2cc(C(F)(F)F)ccc2N(C)C)cc1OC. The molecule has 0 radical (unpaired) electrons. The highest BCUT2D eigenvalue weighted by Gasteiger charge is 2.31. The second-order valence-corrected chi connectivity index (χ2v) is 5.88. The summed E-state index contributed by atoms with van der Waals surface area (Å²) in [6, 6.07) is 7.78. The van der Waals surface area contributed by atoms with Crippen LogP contribution in [0.1, 0.15) is 22.8 Å². The molecule has 0 aliphatic carbocycles. The number of nitrogens with one attached hydrogen (secondary N) is 1. The zero-order valence-corrected chi connectivity index (χ0v) is 15.5. The Labute approximate surface area is 155 Å². The summed E-state index contributed by atoms with van der Waals surface area (Å²) >= 11 is 0. The van der Waals surface area contributed by atoms with Gasteiger partial charge in [-0.05, 0) is 43.3 Å². The van der Waals surface area contributed by atoms with E-state index in [0.717, 1.165) is 12.1 Å². The number of amides is 1. The summed E-state index contributed by atoms with van der Waals surface area (Å²) in [5.74, 6) is 0.282. The van der Waals surface area contributed by atoms with Gasteiger partial charge in [0.1, 0.15) is 0 Å². The summed E-state index contributed by atoms with van der Waals surface area (Å²) in [5.41, 5.74) is -0.0907. The number of halogens is 3. The average molecular weight is 382 g/mol. The monoisotopic (exact) mass is 382 g/mol. The van der Waals surface area contributed by atoms with E-state index in [4.69, 9.17) is 9.47 Å². The molecule has 8 heteroatoms. The molecule has 0 saturated carbocycles. The lowest BCUT2D eigenvalue weighted by Gasteiger charge is -2.20. The summed E-state index contributed by atoms with van der Waals surface area (Å²) < 4.78 is 49.7. The highest BCUT2D eigenvalue weighted by molar-refractivity contribution is 6.06. The van der Waals surface area contributed by atoms with Gasteiger partial charge < -0.3 is 19.7 Å². The Morgan fingerprint density at radius 1 is 1.11 bits per heavy atom. The number of hydrogen-bond donors (Lipinski definition) is 1. The summed E-state index contributed by atoms with van der Waals surface area (Å²) in [5, 5.41) is 2.55. The van der Waals surface area contributed by atoms with E-state index in [-0.39, 0.29) is 11.3 Å². The molecule has 0 aliphatic heterocycles. The van der Waals surface area contributed by atoms with Crippen LogP contribution in [-0.2, 0) is 6.18 Å². The van der Waals surface area contributed by atoms with Crippen LogP contribution in [0.2, 0.25) is 0 Å². The lowest BCUT2D eigenvalue weighted by molar-refractivity contribution is -0.137. The van der Waals surface area contributed by atoms with Crippen LogP contribution < -0.4 is 19.7 Å². The molecule has 0 bridgehead atoms. The first-order valence-electron chi connectivity index (χ1n) is 8.18. The van der Waals surface area contributed by atoms with Crippen molar-refractivity contribution in [1.29, 1.82) is 0 Å². The molecule has 0 aromatic heterocycles. The van der Waals surface area contributed by atoms with Crippen LogP contribution >= 0.6 is 0 Å². The Kier molecular flexibility index (Phi) is 6.20. The fraction of sp³-hybridized carbons (Fsp3) is 0.316. The average Bonchev–Trinajstić information content (AvgIpc) is 2.61. The zero-order chi connectivity index (χ0) is 20.2. The minimum atomic E-state index is -4.51. The van der Waals surface area contributed by atoms with Crippen molar-refractivity contribution >= 4 is 17.3 Å². The molecule has 0 heterocycles. The van der Waals surface area contributed by atoms with E-state index in [1.165, 1.54) is 25.3 Å². The summed E-state index contributed by atoms with van der Waals surface area (Å²) in [4.78, 5) is 14.2. The van der Waals surface area contributed by atoms with Crippen molar-refractivity contribution in [3.05, 3.63) is 47.5 Å². The van der Waals surface area contributed by atoms with Crippen molar-refractivity contribution in [2.24, 2.45) is 0 Å². The molecule has 2 aromatic carbocycles. The highest BCUT2D eigenvalue weighted by Crippen LogP contribution is 2.35. The first-order valence-corrected chi connectivity index (χ1v) is 8.18. The third kappa shape index (κ3) is 4.84. The molecule has 1 amide bonds. The van der Waals surface area contributed by atoms with Crippen molar-refractivity contribution in [3.8, 4) is 11.5 Å². The van der Waals surface area contributed by atoms with Crippen LogP contribution in [-0.4, -0.2) is 33.7 Å². The Balaban J connectivity index is 2.36. The van der Waals surface area contributed by atoms with Crippen molar-refractivity contribution < 1.29 is 27.4 Å². The number of methoxy groups -OCH3 is 1. The Hall–Kier alpha value is -2.90. The van der Waals surface area contributed by atoms with Gasteiger partial charge in [0.15, 0.2) is 11.5 Å². The molecule has 0 fully saturated rings. The topological polar surface area (TPSA) is 50.8 Å². The van der Waals surface area contributed by atoms with Gasteiger partial charge in [0.2, 0.25) is 0 Å². The first-order chi connectivity index (χ1) is 12.7. The number of ether oxygens (including phenoxy) is 2. The van der Waals surface area contributed by atoms with Crippen LogP contribution in [0.25, 0.3) is 0 Å². The molecule has 0 atom stereocenters. The van der Waals surface area contributed by atoms with Crippen LogP contribution in [0.3, 0.4) is 0 Å². The van der Waals surface area contributed by atoms with Gasteiger partial charge in [-0.25, -0.2) is 0 Å². The third-order valence-electron chi connectivity index (χ3n) is 3.78. The molecule has 27 heavy (non-hydrogen) atoms. The van der Waals surface area contributed by atoms with Crippen LogP contribution in [0, 0.1) is 0 Å². The van der Waals surface area contributed by atoms with Gasteiger partial charge in [0.05, 0.1) is 30.7 Å². The Bertz CT molecular complexity index is 820. The van der Waals surface area contributed by atoms with Crippen molar-refractivity contribution in [2.75, 3.05) is 38.0 Å². The molecule has 146 valence electrons. The van der Waals surface area contributed by atoms with Crippen molar-refractivity contribution in [2.45, 2.75) is 13.1 Å². The lowest BCUT2D eigenvalue weighted by atomic mass is 10.1. The summed E-state index contributed by atoms with van der Waals surface area (Å²) in [6.07, 6.45) is -4.51. The molecule has 2 aromatic rings. The largest absolute Gasteiger partial charge is 0.493 e. The molecular weight excluding hydrogens is 361 g/mol. The molecule has 0 unspecified atom stereocenters. The van der Waals surface area contributed by atoms with Crippen LogP contribution in [0.5, 0.6) is 11.5 Å². The molecular formula is C19H21F3N2O3. The number of carbonyl (C=O) groups is 1. The van der Waals surface area contributed by atoms with E-state index in [2.05, 4.69) is 5.32 Å². The van der Waals surface area contributed by atoms with Crippen molar-refractivity contribution in [1.82, 2.24) is 0 Å². The number of nitrogens with zero attached hydrogens (tertiary/aromatic N) is 1. The minimum absolute atomic E-state index is 0.0627. The molecule has 5 nitrogen and oxygen atoms in total. The number of carbonyl (C=O) groups excluding carboxylic acids is 1. The normalized spacial score (nSPS) is 11.1. The van der Waals surface area contributed by atoms with E-state index in [0.29, 0.717) is 23.8 Å². The Morgan fingerprint density at radius 3 is 2.37 bits per heavy atom. The van der Waals surface area contributed by atoms with Gasteiger partial charge >= 0.3 is 6.18 Å². The second kappa shape index (κ2) is 8.20. The van der Waals surface area contributed by atoms with Gasteiger partial charge in [-0.3, -0.25) is 4.79 Å². The smallest absolute Gasteiger partial charge is 0.416 e. The van der Waals surface area contributed by atoms with Gasteiger partial charge in [-0.2, -0.15) is 13.2 Å². The maximum absolute atomic E-state index is 13.0. The minimum Gasteiger partial charge on any atom is -0.493 e. The van der Waals surface area contributed by atoms with E-state index in [1.807, 2.05) is 6.92 Å². The number of hydrogen-bond acceptors (Lipinski definition) is 4. The van der Waals surface area contributed by atoms with E-state index < -0.39 is 17.6 Å². The number of benzene rings is 2. The summed E-state index contributed by atoms with van der Waals surface area (Å²) in [7, 11) is 4.80. The standard InChI is InChI=1S/C19H21F3N2O3/c1-5-27-16-9-6-12(10-17(16)26-4)18(25)23-14-11-13(19(20,21)22)7-8-15(14)24(2)3/h6-11H,5H2,1-4H3,(H,23,25). The van der Waals surface area contributed by atoms with E-state index in [9.17, 15) is 18.0 Å². The zero-order valence-electron chi connectivity index (χ0n) is 15.5. The van der Waals surface area contributed by atoms with Gasteiger partial charge in [0.25, 0.3) is 5.91 Å². The van der Waals surface area contributed by atoms with Crippen LogP contribution in [0.15, 0.2) is 36.4 Å². The van der Waals surface area contributed by atoms with Gasteiger partial charge in [-0.1, -0.05) is 0 Å². The fourth-order valence-electron chi connectivity index (χ4n) is 2.48. The van der Waals surface area contributed by atoms with E-state index in [1.54, 1.807) is 25.1 Å².